The van der Waals surface area contributed by atoms with Crippen LogP contribution < -0.4 is 9.05 Å². The molecule has 0 aliphatic heterocycles. The normalized spacial score (nSPS) is 10.6. The Labute approximate surface area is 216 Å². The first-order valence-corrected chi connectivity index (χ1v) is 13.0. The highest BCUT2D eigenvalue weighted by molar-refractivity contribution is 7.56. The van der Waals surface area contributed by atoms with Crippen LogP contribution in [-0.2, 0) is 0 Å². The van der Waals surface area contributed by atoms with Crippen molar-refractivity contribution in [1.29, 1.82) is 0 Å². The predicted octanol–water partition coefficient (Wildman–Crippen LogP) is 7.80. The van der Waals surface area contributed by atoms with Crippen molar-refractivity contribution < 1.29 is 28.8 Å². The fourth-order valence-corrected chi connectivity index (χ4v) is 4.74. The predicted molar refractivity (Wildman–Crippen MR) is 147 cm³/mol. The summed E-state index contributed by atoms with van der Waals surface area (Å²) >= 11 is 0. The van der Waals surface area contributed by atoms with E-state index in [-0.39, 0.29) is 18.6 Å². The van der Waals surface area contributed by atoms with Crippen molar-refractivity contribution in [2.45, 2.75) is 7.43 Å². The second-order valence-corrected chi connectivity index (χ2v) is 10.4. The van der Waals surface area contributed by atoms with E-state index in [9.17, 15) is 9.59 Å². The van der Waals surface area contributed by atoms with Gasteiger partial charge in [-0.1, -0.05) is 56.0 Å². The van der Waals surface area contributed by atoms with Gasteiger partial charge in [-0.2, -0.15) is 0 Å². The van der Waals surface area contributed by atoms with Crippen LogP contribution >= 0.6 is 7.51 Å². The molecule has 4 aromatic rings. The molecule has 7 nitrogen and oxygen atoms in total. The summed E-state index contributed by atoms with van der Waals surface area (Å²) in [7, 11) is -0.952. The molecule has 0 aliphatic carbocycles. The number of rotatable bonds is 8. The molecule has 0 saturated heterocycles. The molecule has 0 aromatic heterocycles. The number of nitrogens with zero attached hydrogens (tertiary/aromatic N) is 1. The van der Waals surface area contributed by atoms with Gasteiger partial charge in [-0.25, -0.2) is 14.3 Å². The summed E-state index contributed by atoms with van der Waals surface area (Å²) in [6, 6.07) is 28.3. The van der Waals surface area contributed by atoms with E-state index in [1.807, 2.05) is 55.2 Å². The van der Waals surface area contributed by atoms with E-state index in [1.165, 1.54) is 0 Å². The summed E-state index contributed by atoms with van der Waals surface area (Å²) in [5, 5.41) is 18.1. The van der Waals surface area contributed by atoms with Gasteiger partial charge in [0.2, 0.25) is 0 Å². The zero-order chi connectivity index (χ0) is 25.7. The van der Waals surface area contributed by atoms with Crippen LogP contribution in [-0.4, -0.2) is 35.9 Å². The second-order valence-electron chi connectivity index (χ2n) is 8.00. The smallest absolute Gasteiger partial charge is 0.335 e. The van der Waals surface area contributed by atoms with E-state index in [0.717, 1.165) is 22.3 Å². The zero-order valence-corrected chi connectivity index (χ0v) is 20.6. The molecular formula is C29H28NO6P. The van der Waals surface area contributed by atoms with Crippen LogP contribution in [0, 0.1) is 0 Å². The summed E-state index contributed by atoms with van der Waals surface area (Å²) in [5.74, 6) is -0.697. The first kappa shape index (κ1) is 27.2. The van der Waals surface area contributed by atoms with Gasteiger partial charge in [0.15, 0.2) is 0 Å². The number of carboxylic acids is 2. The van der Waals surface area contributed by atoms with Gasteiger partial charge < -0.3 is 19.3 Å². The van der Waals surface area contributed by atoms with Gasteiger partial charge in [-0.05, 0) is 70.8 Å². The highest BCUT2D eigenvalue weighted by Crippen LogP contribution is 2.48. The van der Waals surface area contributed by atoms with Crippen LogP contribution in [0.5, 0.6) is 11.5 Å². The molecule has 0 unspecified atom stereocenters. The number of aromatic carboxylic acids is 2. The largest absolute Gasteiger partial charge is 0.478 e. The maximum atomic E-state index is 11.0. The Balaban J connectivity index is 0.00000380. The van der Waals surface area contributed by atoms with Crippen LogP contribution in [0.15, 0.2) is 102 Å². The van der Waals surface area contributed by atoms with Gasteiger partial charge in [-0.3, -0.25) is 0 Å². The molecule has 0 fully saturated rings. The van der Waals surface area contributed by atoms with Crippen LogP contribution in [0.25, 0.3) is 22.3 Å². The van der Waals surface area contributed by atoms with E-state index >= 15 is 0 Å². The van der Waals surface area contributed by atoms with Crippen molar-refractivity contribution in [3.63, 3.8) is 0 Å². The Morgan fingerprint density at radius 1 is 0.595 bits per heavy atom. The average molecular weight is 518 g/mol. The SMILES string of the molecule is C.CN=P(C)(Oc1ccc(-c2ccc(C(=O)O)cc2)cc1)Oc1ccc(-c2ccc(C(=O)O)cc2)cc1. The molecule has 0 radical (unpaired) electrons. The minimum atomic E-state index is -2.61. The fourth-order valence-electron chi connectivity index (χ4n) is 3.52. The van der Waals surface area contributed by atoms with Gasteiger partial charge in [0.25, 0.3) is 0 Å². The molecule has 8 heteroatoms. The maximum absolute atomic E-state index is 11.0. The Morgan fingerprint density at radius 3 is 1.11 bits per heavy atom. The molecule has 0 spiro atoms. The Kier molecular flexibility index (Phi) is 8.53. The lowest BCUT2D eigenvalue weighted by atomic mass is 10.0. The lowest BCUT2D eigenvalue weighted by Crippen LogP contribution is -2.00. The van der Waals surface area contributed by atoms with Crippen LogP contribution in [0.2, 0.25) is 0 Å². The number of hydrogen-bond donors (Lipinski definition) is 2. The van der Waals surface area contributed by atoms with Crippen LogP contribution in [0.1, 0.15) is 28.1 Å². The Morgan fingerprint density at radius 2 is 0.865 bits per heavy atom. The summed E-state index contributed by atoms with van der Waals surface area (Å²) in [6.07, 6.45) is 0. The third-order valence-electron chi connectivity index (χ3n) is 5.55. The molecule has 0 atom stereocenters. The van der Waals surface area contributed by atoms with Crippen LogP contribution in [0.4, 0.5) is 0 Å². The van der Waals surface area contributed by atoms with Gasteiger partial charge in [0.1, 0.15) is 11.5 Å². The molecule has 4 rings (SSSR count). The lowest BCUT2D eigenvalue weighted by Gasteiger charge is -2.21. The van der Waals surface area contributed by atoms with Crippen molar-refractivity contribution in [2.24, 2.45) is 4.74 Å². The summed E-state index contributed by atoms with van der Waals surface area (Å²) in [6.45, 7) is 1.82. The topological polar surface area (TPSA) is 105 Å². The first-order chi connectivity index (χ1) is 17.3. The molecule has 2 N–H and O–H groups in total. The molecule has 0 bridgehead atoms. The minimum absolute atomic E-state index is 0. The Hall–Kier alpha value is -4.35. The van der Waals surface area contributed by atoms with Crippen LogP contribution in [0.3, 0.4) is 0 Å². The standard InChI is InChI=1S/C28H24NO6P.CH4/c1-29-36(2,34-25-15-11-21(12-16-25)19-3-7-23(8-4-19)27(30)31)35-26-17-13-22(14-18-26)20-5-9-24(10-6-20)28(32)33;/h3-18H,1-2H3,(H,30,31)(H,32,33);1H4. The average Bonchev–Trinajstić information content (AvgIpc) is 2.89. The minimum Gasteiger partial charge on any atom is -0.478 e. The third kappa shape index (κ3) is 6.66. The number of carbonyl (C=O) groups is 2. The molecule has 0 heterocycles. The zero-order valence-electron chi connectivity index (χ0n) is 19.7. The highest BCUT2D eigenvalue weighted by Gasteiger charge is 2.18. The lowest BCUT2D eigenvalue weighted by molar-refractivity contribution is 0.0686. The van der Waals surface area contributed by atoms with Crippen molar-refractivity contribution in [3.8, 4) is 33.8 Å². The summed E-state index contributed by atoms with van der Waals surface area (Å²) < 4.78 is 16.7. The molecule has 4 aromatic carbocycles. The monoisotopic (exact) mass is 517 g/mol. The van der Waals surface area contributed by atoms with Gasteiger partial charge in [-0.15, -0.1) is 0 Å². The molecule has 37 heavy (non-hydrogen) atoms. The van der Waals surface area contributed by atoms with Crippen molar-refractivity contribution in [2.75, 3.05) is 13.7 Å². The first-order valence-electron chi connectivity index (χ1n) is 11.0. The molecular weight excluding hydrogens is 489 g/mol. The van der Waals surface area contributed by atoms with E-state index in [2.05, 4.69) is 4.74 Å². The van der Waals surface area contributed by atoms with E-state index in [0.29, 0.717) is 11.5 Å². The van der Waals surface area contributed by atoms with E-state index < -0.39 is 19.4 Å². The molecule has 0 amide bonds. The summed E-state index contributed by atoms with van der Waals surface area (Å²) in [4.78, 5) is 22.1. The van der Waals surface area contributed by atoms with Crippen molar-refractivity contribution in [1.82, 2.24) is 0 Å². The van der Waals surface area contributed by atoms with Gasteiger partial charge in [0.05, 0.1) is 11.1 Å². The Bertz CT molecular complexity index is 1320. The van der Waals surface area contributed by atoms with E-state index in [4.69, 9.17) is 19.3 Å². The van der Waals surface area contributed by atoms with Crippen molar-refractivity contribution in [3.05, 3.63) is 108 Å². The molecule has 0 aliphatic rings. The number of benzene rings is 4. The fraction of sp³-hybridized carbons (Fsp3) is 0.103. The summed E-state index contributed by atoms with van der Waals surface area (Å²) in [5.41, 5.74) is 4.15. The quantitative estimate of drug-likeness (QED) is 0.231. The van der Waals surface area contributed by atoms with Gasteiger partial charge in [0, 0.05) is 13.7 Å². The second kappa shape index (κ2) is 11.6. The van der Waals surface area contributed by atoms with E-state index in [1.54, 1.807) is 55.6 Å². The number of hydrogen-bond acceptors (Lipinski definition) is 5. The van der Waals surface area contributed by atoms with Crippen molar-refractivity contribution >= 4 is 19.4 Å². The number of carboxylic acid groups (broad SMARTS) is 2. The molecule has 190 valence electrons. The highest BCUT2D eigenvalue weighted by atomic mass is 31.2. The van der Waals surface area contributed by atoms with Gasteiger partial charge >= 0.3 is 19.4 Å². The maximum Gasteiger partial charge on any atom is 0.335 e. The molecule has 0 saturated carbocycles. The third-order valence-corrected chi connectivity index (χ3v) is 7.38.